The highest BCUT2D eigenvalue weighted by atomic mass is 16.5. The summed E-state index contributed by atoms with van der Waals surface area (Å²) in [7, 11) is 3.72. The lowest BCUT2D eigenvalue weighted by molar-refractivity contribution is -0.120. The van der Waals surface area contributed by atoms with Gasteiger partial charge in [0.05, 0.1) is 13.7 Å². The Balaban J connectivity index is 1.42. The predicted molar refractivity (Wildman–Crippen MR) is 116 cm³/mol. The summed E-state index contributed by atoms with van der Waals surface area (Å²) in [5.41, 5.74) is 2.79. The minimum atomic E-state index is -0.290. The molecule has 0 atom stereocenters. The van der Waals surface area contributed by atoms with Crippen molar-refractivity contribution in [2.75, 3.05) is 46.9 Å². The number of benzene rings is 2. The molecule has 1 fully saturated rings. The lowest BCUT2D eigenvalue weighted by atomic mass is 10.1. The van der Waals surface area contributed by atoms with Gasteiger partial charge in [-0.3, -0.25) is 14.5 Å². The fraction of sp³-hybridized carbons (Fsp3) is 0.391. The first kappa shape index (κ1) is 21.8. The van der Waals surface area contributed by atoms with Crippen molar-refractivity contribution in [1.82, 2.24) is 20.4 Å². The van der Waals surface area contributed by atoms with Crippen LogP contribution in [0.15, 0.2) is 48.5 Å². The smallest absolute Gasteiger partial charge is 0.251 e. The van der Waals surface area contributed by atoms with Crippen molar-refractivity contribution >= 4 is 11.8 Å². The monoisotopic (exact) mass is 410 g/mol. The number of piperazine rings is 1. The summed E-state index contributed by atoms with van der Waals surface area (Å²) in [5.74, 6) is 0.169. The molecule has 1 saturated heterocycles. The van der Waals surface area contributed by atoms with Gasteiger partial charge >= 0.3 is 0 Å². The quantitative estimate of drug-likeness (QED) is 0.690. The van der Waals surface area contributed by atoms with Crippen LogP contribution < -0.4 is 15.4 Å². The molecule has 0 aliphatic carbocycles. The maximum absolute atomic E-state index is 12.1. The zero-order valence-electron chi connectivity index (χ0n) is 17.7. The van der Waals surface area contributed by atoms with Crippen LogP contribution in [0.2, 0.25) is 0 Å². The van der Waals surface area contributed by atoms with E-state index in [-0.39, 0.29) is 18.4 Å². The van der Waals surface area contributed by atoms with Gasteiger partial charge in [0.25, 0.3) is 5.91 Å². The molecule has 1 heterocycles. The Hall–Kier alpha value is -2.90. The van der Waals surface area contributed by atoms with E-state index in [1.54, 1.807) is 31.4 Å². The summed E-state index contributed by atoms with van der Waals surface area (Å²) in [6.07, 6.45) is 0. The van der Waals surface area contributed by atoms with Gasteiger partial charge in [0, 0.05) is 44.8 Å². The second-order valence-electron chi connectivity index (χ2n) is 7.59. The third-order valence-corrected chi connectivity index (χ3v) is 5.24. The fourth-order valence-electron chi connectivity index (χ4n) is 3.37. The molecule has 0 spiro atoms. The molecule has 3 rings (SSSR count). The number of carbonyl (C=O) groups is 2. The van der Waals surface area contributed by atoms with Gasteiger partial charge in [0.15, 0.2) is 0 Å². The topological polar surface area (TPSA) is 73.9 Å². The maximum atomic E-state index is 12.1. The number of amides is 2. The third kappa shape index (κ3) is 6.57. The normalized spacial score (nSPS) is 14.9. The highest BCUT2D eigenvalue weighted by Gasteiger charge is 2.14. The van der Waals surface area contributed by atoms with Gasteiger partial charge in [-0.2, -0.15) is 0 Å². The molecule has 2 aromatic carbocycles. The second kappa shape index (κ2) is 10.8. The minimum absolute atomic E-state index is 0.0636. The lowest BCUT2D eigenvalue weighted by Gasteiger charge is -2.32. The highest BCUT2D eigenvalue weighted by molar-refractivity contribution is 5.96. The average Bonchev–Trinajstić information content (AvgIpc) is 2.78. The van der Waals surface area contributed by atoms with E-state index in [4.69, 9.17) is 4.74 Å². The van der Waals surface area contributed by atoms with E-state index in [1.807, 2.05) is 12.1 Å². The number of hydrogen-bond acceptors (Lipinski definition) is 5. The number of methoxy groups -OCH3 is 1. The summed E-state index contributed by atoms with van der Waals surface area (Å²) >= 11 is 0. The minimum Gasteiger partial charge on any atom is -0.497 e. The molecule has 160 valence electrons. The highest BCUT2D eigenvalue weighted by Crippen LogP contribution is 2.12. The molecular formula is C23H30N4O3. The molecule has 1 aliphatic heterocycles. The fourth-order valence-corrected chi connectivity index (χ4v) is 3.37. The van der Waals surface area contributed by atoms with Crippen LogP contribution in [-0.4, -0.2) is 68.5 Å². The van der Waals surface area contributed by atoms with E-state index in [0.29, 0.717) is 17.9 Å². The molecular weight excluding hydrogens is 380 g/mol. The molecule has 7 nitrogen and oxygen atoms in total. The Labute approximate surface area is 178 Å². The Bertz CT molecular complexity index is 846. The molecule has 2 amide bonds. The Morgan fingerprint density at radius 3 is 2.37 bits per heavy atom. The van der Waals surface area contributed by atoms with Crippen molar-refractivity contribution in [3.05, 3.63) is 65.2 Å². The predicted octanol–water partition coefficient (Wildman–Crippen LogP) is 1.49. The van der Waals surface area contributed by atoms with E-state index >= 15 is 0 Å². The SMILES string of the molecule is COc1ccc(C(=O)NCC(=O)NCc2cccc(CN3CCN(C)CC3)c2)cc1. The van der Waals surface area contributed by atoms with Crippen LogP contribution in [0.1, 0.15) is 21.5 Å². The first-order valence-electron chi connectivity index (χ1n) is 10.2. The van der Waals surface area contributed by atoms with E-state index < -0.39 is 0 Å². The number of carbonyl (C=O) groups excluding carboxylic acids is 2. The van der Waals surface area contributed by atoms with Crippen molar-refractivity contribution in [1.29, 1.82) is 0 Å². The first-order valence-corrected chi connectivity index (χ1v) is 10.2. The average molecular weight is 411 g/mol. The van der Waals surface area contributed by atoms with Crippen molar-refractivity contribution < 1.29 is 14.3 Å². The van der Waals surface area contributed by atoms with Gasteiger partial charge in [-0.25, -0.2) is 0 Å². The van der Waals surface area contributed by atoms with Gasteiger partial charge in [0.1, 0.15) is 5.75 Å². The molecule has 2 N–H and O–H groups in total. The molecule has 1 aliphatic rings. The van der Waals surface area contributed by atoms with Gasteiger partial charge in [-0.1, -0.05) is 24.3 Å². The van der Waals surface area contributed by atoms with E-state index in [2.05, 4.69) is 39.6 Å². The van der Waals surface area contributed by atoms with Gasteiger partial charge < -0.3 is 20.3 Å². The standard InChI is InChI=1S/C23H30N4O3/c1-26-10-12-27(13-11-26)17-19-5-3-4-18(14-19)15-24-22(28)16-25-23(29)20-6-8-21(30-2)9-7-20/h3-9,14H,10-13,15-17H2,1-2H3,(H,24,28)(H,25,29). The lowest BCUT2D eigenvalue weighted by Crippen LogP contribution is -2.43. The van der Waals surface area contributed by atoms with Crippen LogP contribution in [0.4, 0.5) is 0 Å². The van der Waals surface area contributed by atoms with Crippen molar-refractivity contribution in [2.45, 2.75) is 13.1 Å². The number of rotatable bonds is 8. The number of likely N-dealkylation sites (N-methyl/N-ethyl adjacent to an activating group) is 1. The van der Waals surface area contributed by atoms with E-state index in [0.717, 1.165) is 38.3 Å². The number of nitrogens with one attached hydrogen (secondary N) is 2. The molecule has 30 heavy (non-hydrogen) atoms. The summed E-state index contributed by atoms with van der Waals surface area (Å²) in [6, 6.07) is 15.0. The van der Waals surface area contributed by atoms with E-state index in [1.165, 1.54) is 5.56 Å². The van der Waals surface area contributed by atoms with Crippen molar-refractivity contribution in [2.24, 2.45) is 0 Å². The molecule has 7 heteroatoms. The summed E-state index contributed by atoms with van der Waals surface area (Å²) < 4.78 is 5.08. The molecule has 0 bridgehead atoms. The third-order valence-electron chi connectivity index (χ3n) is 5.24. The van der Waals surface area contributed by atoms with Crippen LogP contribution in [0.25, 0.3) is 0 Å². The van der Waals surface area contributed by atoms with Gasteiger partial charge in [-0.15, -0.1) is 0 Å². The second-order valence-corrected chi connectivity index (χ2v) is 7.59. The van der Waals surface area contributed by atoms with Crippen LogP contribution >= 0.6 is 0 Å². The summed E-state index contributed by atoms with van der Waals surface area (Å²) in [6.45, 7) is 5.64. The van der Waals surface area contributed by atoms with Gasteiger partial charge in [-0.05, 0) is 42.4 Å². The first-order chi connectivity index (χ1) is 14.5. The maximum Gasteiger partial charge on any atom is 0.251 e. The molecule has 0 radical (unpaired) electrons. The summed E-state index contributed by atoms with van der Waals surface area (Å²) in [5, 5.41) is 5.51. The van der Waals surface area contributed by atoms with Crippen LogP contribution in [-0.2, 0) is 17.9 Å². The van der Waals surface area contributed by atoms with E-state index in [9.17, 15) is 9.59 Å². The molecule has 0 unspecified atom stereocenters. The number of ether oxygens (including phenoxy) is 1. The number of nitrogens with zero attached hydrogens (tertiary/aromatic N) is 2. The van der Waals surface area contributed by atoms with Gasteiger partial charge in [0.2, 0.25) is 5.91 Å². The van der Waals surface area contributed by atoms with Crippen LogP contribution in [0.3, 0.4) is 0 Å². The largest absolute Gasteiger partial charge is 0.497 e. The number of hydrogen-bond donors (Lipinski definition) is 2. The Kier molecular flexibility index (Phi) is 7.82. The zero-order valence-corrected chi connectivity index (χ0v) is 17.7. The van der Waals surface area contributed by atoms with Crippen LogP contribution in [0.5, 0.6) is 5.75 Å². The molecule has 0 saturated carbocycles. The Morgan fingerprint density at radius 2 is 1.67 bits per heavy atom. The zero-order chi connectivity index (χ0) is 21.3. The van der Waals surface area contributed by atoms with Crippen LogP contribution in [0, 0.1) is 0 Å². The Morgan fingerprint density at radius 1 is 0.967 bits per heavy atom. The van der Waals surface area contributed by atoms with Crippen molar-refractivity contribution in [3.8, 4) is 5.75 Å². The summed E-state index contributed by atoms with van der Waals surface area (Å²) in [4.78, 5) is 29.1. The van der Waals surface area contributed by atoms with Crippen molar-refractivity contribution in [3.63, 3.8) is 0 Å². The molecule has 2 aromatic rings. The molecule has 0 aromatic heterocycles.